The summed E-state index contributed by atoms with van der Waals surface area (Å²) in [7, 11) is 0. The molecule has 0 atom stereocenters. The standard InChI is InChI=1S/C22H16ClN5O2/c1-2-30-20-10-4-14-11-18(15-3-9-19-26-24-13-27(19)12-15)22(29)28(21(14)25-20)17-7-5-16(23)6-8-17/h3-13H,2H2,1H3. The first kappa shape index (κ1) is 18.3. The van der Waals surface area contributed by atoms with E-state index >= 15 is 0 Å². The van der Waals surface area contributed by atoms with Crippen LogP contribution >= 0.6 is 11.6 Å². The van der Waals surface area contributed by atoms with Crippen LogP contribution in [-0.2, 0) is 0 Å². The van der Waals surface area contributed by atoms with Gasteiger partial charge in [-0.25, -0.2) is 0 Å². The van der Waals surface area contributed by atoms with Crippen LogP contribution in [-0.4, -0.2) is 30.8 Å². The summed E-state index contributed by atoms with van der Waals surface area (Å²) >= 11 is 6.06. The number of ether oxygens (including phenoxy) is 1. The van der Waals surface area contributed by atoms with E-state index in [2.05, 4.69) is 15.2 Å². The van der Waals surface area contributed by atoms with Crippen LogP contribution in [0.1, 0.15) is 6.92 Å². The van der Waals surface area contributed by atoms with Crippen molar-refractivity contribution in [3.63, 3.8) is 0 Å². The molecule has 0 amide bonds. The summed E-state index contributed by atoms with van der Waals surface area (Å²) in [4.78, 5) is 18.2. The monoisotopic (exact) mass is 417 g/mol. The molecule has 148 valence electrons. The topological polar surface area (TPSA) is 74.3 Å². The van der Waals surface area contributed by atoms with E-state index < -0.39 is 0 Å². The fourth-order valence-electron chi connectivity index (χ4n) is 3.42. The molecule has 0 unspecified atom stereocenters. The van der Waals surface area contributed by atoms with Crippen LogP contribution in [0.3, 0.4) is 0 Å². The van der Waals surface area contributed by atoms with Crippen molar-refractivity contribution in [3.05, 3.63) is 82.5 Å². The molecule has 0 saturated heterocycles. The summed E-state index contributed by atoms with van der Waals surface area (Å²) in [6, 6.07) is 16.3. The first-order valence-corrected chi connectivity index (χ1v) is 9.77. The van der Waals surface area contributed by atoms with Crippen molar-refractivity contribution < 1.29 is 4.74 Å². The van der Waals surface area contributed by atoms with Gasteiger partial charge >= 0.3 is 0 Å². The largest absolute Gasteiger partial charge is 0.478 e. The fourth-order valence-corrected chi connectivity index (χ4v) is 3.54. The zero-order chi connectivity index (χ0) is 20.7. The highest BCUT2D eigenvalue weighted by Crippen LogP contribution is 2.25. The maximum absolute atomic E-state index is 13.6. The second kappa shape index (κ2) is 7.27. The van der Waals surface area contributed by atoms with Crippen LogP contribution in [0.2, 0.25) is 5.02 Å². The number of benzene rings is 1. The Morgan fingerprint density at radius 3 is 2.70 bits per heavy atom. The molecule has 4 heterocycles. The Labute approximate surface area is 176 Å². The van der Waals surface area contributed by atoms with Gasteiger partial charge in [0.25, 0.3) is 5.56 Å². The van der Waals surface area contributed by atoms with Crippen molar-refractivity contribution in [2.75, 3.05) is 6.61 Å². The van der Waals surface area contributed by atoms with E-state index in [1.54, 1.807) is 45.6 Å². The molecule has 0 aliphatic rings. The van der Waals surface area contributed by atoms with Crippen molar-refractivity contribution in [1.29, 1.82) is 0 Å². The van der Waals surface area contributed by atoms with E-state index in [4.69, 9.17) is 16.3 Å². The van der Waals surface area contributed by atoms with Crippen molar-refractivity contribution in [2.24, 2.45) is 0 Å². The lowest BCUT2D eigenvalue weighted by Crippen LogP contribution is -2.21. The van der Waals surface area contributed by atoms with Crippen LogP contribution in [0.4, 0.5) is 0 Å². The summed E-state index contributed by atoms with van der Waals surface area (Å²) in [5.74, 6) is 0.464. The van der Waals surface area contributed by atoms with E-state index in [0.29, 0.717) is 40.1 Å². The molecule has 0 aliphatic heterocycles. The maximum Gasteiger partial charge on any atom is 0.264 e. The lowest BCUT2D eigenvalue weighted by Gasteiger charge is -2.14. The van der Waals surface area contributed by atoms with Crippen molar-refractivity contribution in [2.45, 2.75) is 6.92 Å². The molecular weight excluding hydrogens is 402 g/mol. The highest BCUT2D eigenvalue weighted by molar-refractivity contribution is 6.30. The van der Waals surface area contributed by atoms with Crippen LogP contribution < -0.4 is 10.3 Å². The molecule has 0 aliphatic carbocycles. The second-order valence-electron chi connectivity index (χ2n) is 6.68. The summed E-state index contributed by atoms with van der Waals surface area (Å²) in [5.41, 5.74) is 2.99. The average Bonchev–Trinajstić information content (AvgIpc) is 3.22. The molecule has 1 aromatic carbocycles. The molecule has 0 fully saturated rings. The van der Waals surface area contributed by atoms with E-state index in [1.165, 1.54) is 0 Å². The molecule has 4 aromatic heterocycles. The van der Waals surface area contributed by atoms with Crippen molar-refractivity contribution in [1.82, 2.24) is 24.1 Å². The zero-order valence-electron chi connectivity index (χ0n) is 16.0. The van der Waals surface area contributed by atoms with E-state index in [-0.39, 0.29) is 5.56 Å². The second-order valence-corrected chi connectivity index (χ2v) is 7.12. The molecule has 0 radical (unpaired) electrons. The van der Waals surface area contributed by atoms with E-state index in [0.717, 1.165) is 10.9 Å². The van der Waals surface area contributed by atoms with Crippen LogP contribution in [0.15, 0.2) is 71.9 Å². The van der Waals surface area contributed by atoms with Gasteiger partial charge in [-0.15, -0.1) is 10.2 Å². The molecule has 5 aromatic rings. The van der Waals surface area contributed by atoms with Gasteiger partial charge in [0, 0.05) is 33.8 Å². The van der Waals surface area contributed by atoms with E-state index in [9.17, 15) is 4.79 Å². The van der Waals surface area contributed by atoms with Crippen molar-refractivity contribution in [3.8, 4) is 22.7 Å². The van der Waals surface area contributed by atoms with Crippen LogP contribution in [0, 0.1) is 0 Å². The Morgan fingerprint density at radius 1 is 1.07 bits per heavy atom. The average molecular weight is 418 g/mol. The minimum atomic E-state index is -0.196. The molecule has 0 spiro atoms. The molecular formula is C22H16ClN5O2. The van der Waals surface area contributed by atoms with Gasteiger partial charge < -0.3 is 4.74 Å². The van der Waals surface area contributed by atoms with Crippen molar-refractivity contribution >= 4 is 28.3 Å². The number of halogens is 1. The third-order valence-electron chi connectivity index (χ3n) is 4.80. The minimum absolute atomic E-state index is 0.196. The summed E-state index contributed by atoms with van der Waals surface area (Å²) in [6.07, 6.45) is 3.44. The number of aromatic nitrogens is 5. The minimum Gasteiger partial charge on any atom is -0.478 e. The molecule has 30 heavy (non-hydrogen) atoms. The van der Waals surface area contributed by atoms with Gasteiger partial charge in [-0.2, -0.15) is 4.98 Å². The number of fused-ring (bicyclic) bond motifs is 2. The number of rotatable bonds is 4. The van der Waals surface area contributed by atoms with Gasteiger partial charge in [0.05, 0.1) is 12.3 Å². The maximum atomic E-state index is 13.6. The summed E-state index contributed by atoms with van der Waals surface area (Å²) in [5, 5.41) is 9.32. The lowest BCUT2D eigenvalue weighted by molar-refractivity contribution is 0.328. The normalized spacial score (nSPS) is 11.3. The predicted octanol–water partition coefficient (Wildman–Crippen LogP) is 4.15. The van der Waals surface area contributed by atoms with Gasteiger partial charge in [0.2, 0.25) is 5.88 Å². The summed E-state index contributed by atoms with van der Waals surface area (Å²) in [6.45, 7) is 2.38. The van der Waals surface area contributed by atoms with Gasteiger partial charge in [0.15, 0.2) is 11.3 Å². The third kappa shape index (κ3) is 3.09. The number of hydrogen-bond donors (Lipinski definition) is 0. The predicted molar refractivity (Wildman–Crippen MR) is 116 cm³/mol. The van der Waals surface area contributed by atoms with Gasteiger partial charge in [-0.3, -0.25) is 13.8 Å². The molecule has 7 nitrogen and oxygen atoms in total. The smallest absolute Gasteiger partial charge is 0.264 e. The molecule has 5 rings (SSSR count). The van der Waals surface area contributed by atoms with Gasteiger partial charge in [-0.1, -0.05) is 11.6 Å². The van der Waals surface area contributed by atoms with E-state index in [1.807, 2.05) is 37.4 Å². The third-order valence-corrected chi connectivity index (χ3v) is 5.06. The highest BCUT2D eigenvalue weighted by atomic mass is 35.5. The lowest BCUT2D eigenvalue weighted by atomic mass is 10.1. The Balaban J connectivity index is 1.82. The first-order chi connectivity index (χ1) is 14.6. The first-order valence-electron chi connectivity index (χ1n) is 9.39. The van der Waals surface area contributed by atoms with Gasteiger partial charge in [0.1, 0.15) is 6.33 Å². The highest BCUT2D eigenvalue weighted by Gasteiger charge is 2.15. The van der Waals surface area contributed by atoms with Crippen LogP contribution in [0.25, 0.3) is 33.5 Å². The van der Waals surface area contributed by atoms with Crippen LogP contribution in [0.5, 0.6) is 5.88 Å². The number of nitrogens with zero attached hydrogens (tertiary/aromatic N) is 5. The van der Waals surface area contributed by atoms with Gasteiger partial charge in [-0.05, 0) is 55.5 Å². The zero-order valence-corrected chi connectivity index (χ0v) is 16.7. The Kier molecular flexibility index (Phi) is 4.44. The number of pyridine rings is 3. The SMILES string of the molecule is CCOc1ccc2cc(-c3ccc4nncn4c3)c(=O)n(-c3ccc(Cl)cc3)c2n1. The quantitative estimate of drug-likeness (QED) is 0.439. The fraction of sp³-hybridized carbons (Fsp3) is 0.0909. The Morgan fingerprint density at radius 2 is 1.90 bits per heavy atom. The molecule has 0 saturated carbocycles. The molecule has 8 heteroatoms. The molecule has 0 N–H and O–H groups in total. The summed E-state index contributed by atoms with van der Waals surface area (Å²) < 4.78 is 8.92. The Bertz CT molecular complexity index is 1440. The Hall–Kier alpha value is -3.71. The molecule has 0 bridgehead atoms. The number of hydrogen-bond acceptors (Lipinski definition) is 5.